The summed E-state index contributed by atoms with van der Waals surface area (Å²) in [5, 5.41) is 22.1. The van der Waals surface area contributed by atoms with Crippen LogP contribution in [0.25, 0.3) is 17.0 Å². The Labute approximate surface area is 170 Å². The van der Waals surface area contributed by atoms with Crippen molar-refractivity contribution in [2.45, 2.75) is 7.43 Å². The number of hydrogen-bond acceptors (Lipinski definition) is 6. The van der Waals surface area contributed by atoms with Gasteiger partial charge in [0.25, 0.3) is 5.69 Å². The van der Waals surface area contributed by atoms with E-state index >= 15 is 0 Å². The number of benzene rings is 2. The van der Waals surface area contributed by atoms with Gasteiger partial charge in [0.1, 0.15) is 5.82 Å². The lowest BCUT2D eigenvalue weighted by Gasteiger charge is -2.04. The van der Waals surface area contributed by atoms with Crippen LogP contribution in [0.1, 0.15) is 13.0 Å². The molecule has 1 heterocycles. The number of anilines is 1. The van der Waals surface area contributed by atoms with Crippen molar-refractivity contribution in [2.24, 2.45) is 0 Å². The number of rotatable bonds is 4. The summed E-state index contributed by atoms with van der Waals surface area (Å²) in [4.78, 5) is 24.0. The quantitative estimate of drug-likeness (QED) is 0.357. The highest BCUT2D eigenvalue weighted by atomic mass is 19.1. The maximum Gasteiger partial charge on any atom is 0.311 e. The van der Waals surface area contributed by atoms with Gasteiger partial charge in [0.15, 0.2) is 0 Å². The van der Waals surface area contributed by atoms with Crippen molar-refractivity contribution in [3.63, 3.8) is 0 Å². The highest BCUT2D eigenvalue weighted by Gasteiger charge is 2.23. The number of nitrogens with two attached hydrogens (primary N) is 1. The van der Waals surface area contributed by atoms with Crippen molar-refractivity contribution in [3.8, 4) is 0 Å². The van der Waals surface area contributed by atoms with E-state index in [1.165, 1.54) is 18.3 Å². The highest BCUT2D eigenvalue weighted by molar-refractivity contribution is 5.82. The van der Waals surface area contributed by atoms with Crippen LogP contribution in [0, 0.1) is 31.9 Å². The third kappa shape index (κ3) is 5.74. The van der Waals surface area contributed by atoms with Crippen molar-refractivity contribution < 1.29 is 18.6 Å². The number of nitrogen functional groups attached to an aromatic ring is 1. The van der Waals surface area contributed by atoms with Gasteiger partial charge in [-0.2, -0.15) is 4.39 Å². The predicted molar refractivity (Wildman–Crippen MR) is 112 cm³/mol. The van der Waals surface area contributed by atoms with Crippen molar-refractivity contribution in [3.05, 3.63) is 80.2 Å². The summed E-state index contributed by atoms with van der Waals surface area (Å²) in [6, 6.07) is 6.20. The molecule has 1 aromatic heterocycles. The first-order valence-electron chi connectivity index (χ1n) is 8.09. The second kappa shape index (κ2) is 9.96. The minimum absolute atomic E-state index is 0. The van der Waals surface area contributed by atoms with Crippen molar-refractivity contribution in [1.29, 1.82) is 0 Å². The Bertz CT molecular complexity index is 1060. The van der Waals surface area contributed by atoms with E-state index in [2.05, 4.69) is 4.98 Å². The lowest BCUT2D eigenvalue weighted by Crippen LogP contribution is -2.01. The van der Waals surface area contributed by atoms with E-state index < -0.39 is 27.0 Å². The Balaban J connectivity index is 0.000000320. The molecule has 0 atom stereocenters. The Hall–Kier alpha value is -4.02. The van der Waals surface area contributed by atoms with Crippen LogP contribution < -0.4 is 5.73 Å². The van der Waals surface area contributed by atoms with Crippen LogP contribution in [-0.4, -0.2) is 33.8 Å². The summed E-state index contributed by atoms with van der Waals surface area (Å²) in [5.74, 6) is -1.47. The molecule has 0 aliphatic carbocycles. The maximum absolute atomic E-state index is 13.4. The van der Waals surface area contributed by atoms with Crippen LogP contribution in [0.5, 0.6) is 0 Å². The molecule has 0 unspecified atom stereocenters. The first-order valence-corrected chi connectivity index (χ1v) is 8.09. The molecule has 3 rings (SSSR count). The number of nitro benzene ring substituents is 2. The summed E-state index contributed by atoms with van der Waals surface area (Å²) < 4.78 is 26.1. The molecule has 0 bridgehead atoms. The molecular weight excluding hydrogens is 400 g/mol. The van der Waals surface area contributed by atoms with Gasteiger partial charge in [0, 0.05) is 31.2 Å². The fourth-order valence-corrected chi connectivity index (χ4v) is 2.32. The summed E-state index contributed by atoms with van der Waals surface area (Å²) in [5.41, 5.74) is 4.94. The predicted octanol–water partition coefficient (Wildman–Crippen LogP) is 4.70. The lowest BCUT2D eigenvalue weighted by molar-refractivity contribution is -0.395. The third-order valence-electron chi connectivity index (χ3n) is 3.71. The van der Waals surface area contributed by atoms with E-state index in [9.17, 15) is 29.0 Å². The lowest BCUT2D eigenvalue weighted by atomic mass is 10.1. The number of fused-ring (bicyclic) bond motifs is 1. The number of halogens is 2. The second-order valence-electron chi connectivity index (χ2n) is 6.09. The fourth-order valence-electron chi connectivity index (χ4n) is 2.32. The zero-order chi connectivity index (χ0) is 21.7. The smallest absolute Gasteiger partial charge is 0.311 e. The highest BCUT2D eigenvalue weighted by Crippen LogP contribution is 2.28. The Morgan fingerprint density at radius 2 is 1.67 bits per heavy atom. The largest absolute Gasteiger partial charge is 0.396 e. The molecule has 0 saturated carbocycles. The number of aromatic nitrogens is 1. The number of nitrogens with one attached hydrogen (secondary N) is 1. The molecule has 3 N–H and O–H groups in total. The van der Waals surface area contributed by atoms with Gasteiger partial charge in [-0.1, -0.05) is 7.43 Å². The second-order valence-corrected chi connectivity index (χ2v) is 6.09. The van der Waals surface area contributed by atoms with E-state index in [0.717, 1.165) is 17.0 Å². The molecule has 0 aliphatic heterocycles. The topological polar surface area (TPSA) is 131 Å². The Morgan fingerprint density at radius 3 is 2.23 bits per heavy atom. The number of H-pyrrole nitrogens is 1. The van der Waals surface area contributed by atoms with E-state index in [1.54, 1.807) is 37.3 Å². The van der Waals surface area contributed by atoms with Crippen LogP contribution >= 0.6 is 0 Å². The molecular formula is C19H21F2N5O4. The Morgan fingerprint density at radius 1 is 1.03 bits per heavy atom. The summed E-state index contributed by atoms with van der Waals surface area (Å²) in [6.45, 7) is 0. The molecule has 11 heteroatoms. The zero-order valence-corrected chi connectivity index (χ0v) is 15.4. The molecule has 3 aromatic rings. The fraction of sp³-hybridized carbons (Fsp3) is 0.158. The standard InChI is InChI=1S/C10H10FN3O4.C8H7FN2.CH4/c1-12(2)4-3-7-5-8(11)10(14(17)18)6-9(7)13(15)16;9-6-3-5-1-2-11-8(5)4-7(6)10;/h3-6H,1-2H3;1-4,11H,10H2;1H4/b4-3+;;. The minimum atomic E-state index is -1.11. The molecule has 160 valence electrons. The van der Waals surface area contributed by atoms with Gasteiger partial charge in [0.2, 0.25) is 5.82 Å². The molecule has 0 aliphatic rings. The van der Waals surface area contributed by atoms with Gasteiger partial charge in [-0.25, -0.2) is 4.39 Å². The normalized spacial score (nSPS) is 10.3. The van der Waals surface area contributed by atoms with E-state index in [1.807, 2.05) is 0 Å². The van der Waals surface area contributed by atoms with Gasteiger partial charge >= 0.3 is 5.69 Å². The van der Waals surface area contributed by atoms with Gasteiger partial charge in [-0.05, 0) is 36.5 Å². The number of hydrogen-bond donors (Lipinski definition) is 2. The van der Waals surface area contributed by atoms with Crippen molar-refractivity contribution in [1.82, 2.24) is 9.88 Å². The average molecular weight is 421 g/mol. The summed E-state index contributed by atoms with van der Waals surface area (Å²) >= 11 is 0. The molecule has 0 spiro atoms. The van der Waals surface area contributed by atoms with Gasteiger partial charge in [-0.15, -0.1) is 0 Å². The first-order chi connectivity index (χ1) is 13.6. The van der Waals surface area contributed by atoms with Crippen LogP contribution in [0.2, 0.25) is 0 Å². The molecule has 9 nitrogen and oxygen atoms in total. The number of aromatic amines is 1. The third-order valence-corrected chi connectivity index (χ3v) is 3.71. The summed E-state index contributed by atoms with van der Waals surface area (Å²) in [7, 11) is 3.37. The average Bonchev–Trinajstić information content (AvgIpc) is 3.07. The van der Waals surface area contributed by atoms with E-state index in [0.29, 0.717) is 6.07 Å². The van der Waals surface area contributed by atoms with Crippen molar-refractivity contribution >= 4 is 34.0 Å². The van der Waals surface area contributed by atoms with Gasteiger partial charge in [0.05, 0.1) is 27.2 Å². The molecule has 0 amide bonds. The van der Waals surface area contributed by atoms with Gasteiger partial charge < -0.3 is 15.6 Å². The molecule has 0 fully saturated rings. The van der Waals surface area contributed by atoms with E-state index in [-0.39, 0.29) is 24.5 Å². The first kappa shape index (κ1) is 24.0. The van der Waals surface area contributed by atoms with Crippen LogP contribution in [0.15, 0.2) is 42.7 Å². The maximum atomic E-state index is 13.4. The van der Waals surface area contributed by atoms with Crippen LogP contribution in [-0.2, 0) is 0 Å². The van der Waals surface area contributed by atoms with Crippen LogP contribution in [0.3, 0.4) is 0 Å². The molecule has 0 radical (unpaired) electrons. The van der Waals surface area contributed by atoms with E-state index in [4.69, 9.17) is 5.73 Å². The van der Waals surface area contributed by atoms with Gasteiger partial charge in [-0.3, -0.25) is 20.2 Å². The summed E-state index contributed by atoms with van der Waals surface area (Å²) in [6.07, 6.45) is 4.54. The number of nitro groups is 2. The SMILES string of the molecule is C.CN(C)/C=C/c1cc(F)c([N+](=O)[O-])cc1[N+](=O)[O-].Nc1cc2[nH]ccc2cc1F. The molecule has 0 saturated heterocycles. The monoisotopic (exact) mass is 421 g/mol. The minimum Gasteiger partial charge on any atom is -0.396 e. The molecule has 2 aromatic carbocycles. The molecule has 30 heavy (non-hydrogen) atoms. The zero-order valence-electron chi connectivity index (χ0n) is 15.4. The van der Waals surface area contributed by atoms with Crippen LogP contribution in [0.4, 0.5) is 25.8 Å². The number of nitrogens with zero attached hydrogens (tertiary/aromatic N) is 3. The Kier molecular flexibility index (Phi) is 7.97. The van der Waals surface area contributed by atoms with Crippen molar-refractivity contribution in [2.75, 3.05) is 19.8 Å².